The molecule has 0 saturated heterocycles. The summed E-state index contributed by atoms with van der Waals surface area (Å²) in [6, 6.07) is 17.7. The van der Waals surface area contributed by atoms with Crippen LogP contribution in [0.1, 0.15) is 21.5 Å². The van der Waals surface area contributed by atoms with Crippen molar-refractivity contribution in [3.63, 3.8) is 0 Å². The Hall–Kier alpha value is -2.43. The van der Waals surface area contributed by atoms with Crippen molar-refractivity contribution >= 4 is 28.4 Å². The maximum Gasteiger partial charge on any atom is 0.251 e. The average molecular weight is 354 g/mol. The van der Waals surface area contributed by atoms with Gasteiger partial charge in [-0.1, -0.05) is 41.9 Å². The number of para-hydroxylation sites is 1. The maximum atomic E-state index is 11.6. The van der Waals surface area contributed by atoms with E-state index in [2.05, 4.69) is 21.3 Å². The highest BCUT2D eigenvalue weighted by Gasteiger charge is 2.09. The molecule has 0 spiro atoms. The van der Waals surface area contributed by atoms with Crippen molar-refractivity contribution in [1.29, 1.82) is 0 Å². The van der Waals surface area contributed by atoms with E-state index >= 15 is 0 Å². The van der Waals surface area contributed by atoms with Gasteiger partial charge in [0.05, 0.1) is 5.52 Å². The van der Waals surface area contributed by atoms with E-state index in [1.807, 2.05) is 55.6 Å². The van der Waals surface area contributed by atoms with Gasteiger partial charge in [0.2, 0.25) is 0 Å². The zero-order valence-electron chi connectivity index (χ0n) is 14.3. The number of rotatable bonds is 5. The molecule has 1 aromatic heterocycles. The van der Waals surface area contributed by atoms with Crippen LogP contribution >= 0.6 is 11.6 Å². The first-order valence-electron chi connectivity index (χ1n) is 8.10. The monoisotopic (exact) mass is 353 g/mol. The highest BCUT2D eigenvalue weighted by atomic mass is 35.5. The molecule has 0 atom stereocenters. The number of hydrogen-bond donors (Lipinski definition) is 1. The van der Waals surface area contributed by atoms with Crippen molar-refractivity contribution in [1.82, 2.24) is 15.2 Å². The third kappa shape index (κ3) is 4.16. The lowest BCUT2D eigenvalue weighted by molar-refractivity contribution is 0.0963. The van der Waals surface area contributed by atoms with Gasteiger partial charge in [-0.25, -0.2) is 4.98 Å². The van der Waals surface area contributed by atoms with Gasteiger partial charge in [-0.2, -0.15) is 0 Å². The van der Waals surface area contributed by atoms with E-state index in [9.17, 15) is 4.79 Å². The van der Waals surface area contributed by atoms with Crippen molar-refractivity contribution < 1.29 is 4.79 Å². The SMILES string of the molecule is CNC(=O)c1ccc(CN(C)Cc2cc3ccccc3nc2Cl)cc1. The van der Waals surface area contributed by atoms with Crippen molar-refractivity contribution in [3.05, 3.63) is 76.4 Å². The molecule has 4 nitrogen and oxygen atoms in total. The summed E-state index contributed by atoms with van der Waals surface area (Å²) in [7, 11) is 3.67. The van der Waals surface area contributed by atoms with Gasteiger partial charge in [0, 0.05) is 36.7 Å². The number of carbonyl (C=O) groups is 1. The van der Waals surface area contributed by atoms with E-state index in [1.54, 1.807) is 7.05 Å². The molecule has 1 heterocycles. The Balaban J connectivity index is 1.71. The molecule has 2 aromatic carbocycles. The molecule has 0 bridgehead atoms. The first kappa shape index (κ1) is 17.4. The number of hydrogen-bond acceptors (Lipinski definition) is 3. The fraction of sp³-hybridized carbons (Fsp3) is 0.200. The van der Waals surface area contributed by atoms with Gasteiger partial charge in [0.1, 0.15) is 5.15 Å². The second-order valence-electron chi connectivity index (χ2n) is 6.08. The number of fused-ring (bicyclic) bond motifs is 1. The Bertz CT molecular complexity index is 893. The van der Waals surface area contributed by atoms with E-state index < -0.39 is 0 Å². The van der Waals surface area contributed by atoms with Crippen molar-refractivity contribution in [2.24, 2.45) is 0 Å². The molecule has 5 heteroatoms. The summed E-state index contributed by atoms with van der Waals surface area (Å²) in [5.74, 6) is -0.0751. The Morgan fingerprint density at radius 1 is 1.12 bits per heavy atom. The maximum absolute atomic E-state index is 11.6. The number of nitrogens with one attached hydrogen (secondary N) is 1. The van der Waals surface area contributed by atoms with Crippen LogP contribution in [0.4, 0.5) is 0 Å². The third-order valence-electron chi connectivity index (χ3n) is 4.09. The predicted octanol–water partition coefficient (Wildman–Crippen LogP) is 3.88. The van der Waals surface area contributed by atoms with Crippen molar-refractivity contribution in [2.75, 3.05) is 14.1 Å². The summed E-state index contributed by atoms with van der Waals surface area (Å²) in [5, 5.41) is 4.25. The molecular formula is C20H20ClN3O. The smallest absolute Gasteiger partial charge is 0.251 e. The third-order valence-corrected chi connectivity index (χ3v) is 4.41. The summed E-state index contributed by atoms with van der Waals surface area (Å²) >= 11 is 6.34. The number of amides is 1. The van der Waals surface area contributed by atoms with Crippen LogP contribution in [0.5, 0.6) is 0 Å². The molecule has 0 aliphatic carbocycles. The van der Waals surface area contributed by atoms with Gasteiger partial charge in [0.15, 0.2) is 0 Å². The second-order valence-corrected chi connectivity index (χ2v) is 6.44. The molecule has 0 radical (unpaired) electrons. The minimum absolute atomic E-state index is 0.0751. The number of halogens is 1. The fourth-order valence-corrected chi connectivity index (χ4v) is 3.02. The molecule has 0 unspecified atom stereocenters. The summed E-state index contributed by atoms with van der Waals surface area (Å²) in [6.45, 7) is 1.46. The van der Waals surface area contributed by atoms with Crippen LogP contribution in [0.15, 0.2) is 54.6 Å². The molecule has 3 aromatic rings. The van der Waals surface area contributed by atoms with Gasteiger partial charge < -0.3 is 5.32 Å². The molecule has 1 amide bonds. The minimum atomic E-state index is -0.0751. The molecular weight excluding hydrogens is 334 g/mol. The Morgan fingerprint density at radius 2 is 1.84 bits per heavy atom. The summed E-state index contributed by atoms with van der Waals surface area (Å²) in [6.07, 6.45) is 0. The van der Waals surface area contributed by atoms with Gasteiger partial charge in [-0.15, -0.1) is 0 Å². The Morgan fingerprint density at radius 3 is 2.56 bits per heavy atom. The molecule has 25 heavy (non-hydrogen) atoms. The molecule has 1 N–H and O–H groups in total. The number of carbonyl (C=O) groups excluding carboxylic acids is 1. The topological polar surface area (TPSA) is 45.2 Å². The number of benzene rings is 2. The lowest BCUT2D eigenvalue weighted by Crippen LogP contribution is -2.19. The summed E-state index contributed by atoms with van der Waals surface area (Å²) < 4.78 is 0. The van der Waals surface area contributed by atoms with E-state index in [0.29, 0.717) is 17.3 Å². The second kappa shape index (κ2) is 7.64. The molecule has 0 saturated carbocycles. The van der Waals surface area contributed by atoms with E-state index in [1.165, 1.54) is 0 Å². The summed E-state index contributed by atoms with van der Waals surface area (Å²) in [5.41, 5.74) is 3.71. The lowest BCUT2D eigenvalue weighted by atomic mass is 10.1. The standard InChI is InChI=1S/C20H20ClN3O/c1-22-20(25)15-9-7-14(8-10-15)12-24(2)13-17-11-16-5-3-4-6-18(16)23-19(17)21/h3-11H,12-13H2,1-2H3,(H,22,25). The number of pyridine rings is 1. The quantitative estimate of drug-likeness (QED) is 0.708. The Kier molecular flexibility index (Phi) is 5.31. The van der Waals surface area contributed by atoms with Crippen LogP contribution in [-0.4, -0.2) is 29.9 Å². The van der Waals surface area contributed by atoms with E-state index in [-0.39, 0.29) is 5.91 Å². The largest absolute Gasteiger partial charge is 0.355 e. The van der Waals surface area contributed by atoms with Crippen LogP contribution in [-0.2, 0) is 13.1 Å². The number of aromatic nitrogens is 1. The van der Waals surface area contributed by atoms with Gasteiger partial charge >= 0.3 is 0 Å². The zero-order chi connectivity index (χ0) is 17.8. The molecule has 128 valence electrons. The lowest BCUT2D eigenvalue weighted by Gasteiger charge is -2.18. The van der Waals surface area contributed by atoms with E-state index in [4.69, 9.17) is 11.6 Å². The van der Waals surface area contributed by atoms with Gasteiger partial charge in [-0.05, 0) is 36.9 Å². The highest BCUT2D eigenvalue weighted by Crippen LogP contribution is 2.22. The summed E-state index contributed by atoms with van der Waals surface area (Å²) in [4.78, 5) is 18.2. The first-order chi connectivity index (χ1) is 12.1. The normalized spacial score (nSPS) is 11.0. The van der Waals surface area contributed by atoms with Crippen LogP contribution in [0.3, 0.4) is 0 Å². The van der Waals surface area contributed by atoms with Crippen LogP contribution in [0.25, 0.3) is 10.9 Å². The highest BCUT2D eigenvalue weighted by molar-refractivity contribution is 6.30. The average Bonchev–Trinajstić information content (AvgIpc) is 2.62. The van der Waals surface area contributed by atoms with E-state index in [0.717, 1.165) is 28.6 Å². The van der Waals surface area contributed by atoms with Crippen LogP contribution < -0.4 is 5.32 Å². The van der Waals surface area contributed by atoms with Gasteiger partial charge in [0.25, 0.3) is 5.91 Å². The van der Waals surface area contributed by atoms with Crippen LogP contribution in [0, 0.1) is 0 Å². The molecule has 0 aliphatic rings. The first-order valence-corrected chi connectivity index (χ1v) is 8.48. The fourth-order valence-electron chi connectivity index (χ4n) is 2.81. The molecule has 0 aliphatic heterocycles. The van der Waals surface area contributed by atoms with Gasteiger partial charge in [-0.3, -0.25) is 9.69 Å². The minimum Gasteiger partial charge on any atom is -0.355 e. The Labute approximate surface area is 152 Å². The molecule has 0 fully saturated rings. The number of nitrogens with zero attached hydrogens (tertiary/aromatic N) is 2. The van der Waals surface area contributed by atoms with Crippen molar-refractivity contribution in [3.8, 4) is 0 Å². The molecule has 3 rings (SSSR count). The predicted molar refractivity (Wildman–Crippen MR) is 102 cm³/mol. The zero-order valence-corrected chi connectivity index (χ0v) is 15.0. The van der Waals surface area contributed by atoms with Crippen molar-refractivity contribution in [2.45, 2.75) is 13.1 Å². The van der Waals surface area contributed by atoms with Crippen LogP contribution in [0.2, 0.25) is 5.15 Å².